The molecule has 2 saturated heterocycles. The molecule has 302 valence electrons. The van der Waals surface area contributed by atoms with E-state index < -0.39 is 41.5 Å². The molecule has 0 spiro atoms. The van der Waals surface area contributed by atoms with Crippen LogP contribution in [-0.2, 0) is 19.5 Å². The summed E-state index contributed by atoms with van der Waals surface area (Å²) >= 11 is 0. The summed E-state index contributed by atoms with van der Waals surface area (Å²) < 4.78 is 56.7. The number of pyridine rings is 3. The minimum Gasteiger partial charge on any atom is -0.545 e. The summed E-state index contributed by atoms with van der Waals surface area (Å²) in [5.74, 6) is -6.62. The topological polar surface area (TPSA) is 176 Å². The summed E-state index contributed by atoms with van der Waals surface area (Å²) in [6, 6.07) is 9.33. The largest absolute Gasteiger partial charge is 1.00 e. The van der Waals surface area contributed by atoms with E-state index in [1.54, 1.807) is 23.3 Å². The van der Waals surface area contributed by atoms with Crippen molar-refractivity contribution in [1.29, 1.82) is 0 Å². The number of carbonyl (C=O) groups excluding carboxylic acids is 2. The van der Waals surface area contributed by atoms with E-state index in [4.69, 9.17) is 5.73 Å². The molecule has 19 heteroatoms. The van der Waals surface area contributed by atoms with Crippen molar-refractivity contribution in [1.82, 2.24) is 39.8 Å². The molecule has 3 aliphatic carbocycles. The second-order valence-electron chi connectivity index (χ2n) is 15.9. The number of nitrogens with two attached hydrogens (primary N) is 1. The van der Waals surface area contributed by atoms with Crippen molar-refractivity contribution < 1.29 is 51.1 Å². The zero-order chi connectivity index (χ0) is 40.7. The van der Waals surface area contributed by atoms with Gasteiger partial charge >= 0.3 is 18.9 Å². The van der Waals surface area contributed by atoms with Crippen molar-refractivity contribution in [3.63, 3.8) is 0 Å². The van der Waals surface area contributed by atoms with Gasteiger partial charge in [0.1, 0.15) is 17.5 Å². The number of piperidine rings is 2. The third-order valence-electron chi connectivity index (χ3n) is 12.3. The maximum Gasteiger partial charge on any atom is 1.00 e. The molecule has 5 aromatic rings. The fourth-order valence-electron chi connectivity index (χ4n) is 8.66. The van der Waals surface area contributed by atoms with Crippen LogP contribution in [0.2, 0.25) is 0 Å². The summed E-state index contributed by atoms with van der Waals surface area (Å²) in [5, 5.41) is 22.2. The molecule has 14 nitrogen and oxygen atoms in total. The zero-order valence-corrected chi connectivity index (χ0v) is 32.7. The van der Waals surface area contributed by atoms with Gasteiger partial charge in [-0.15, -0.1) is 0 Å². The Morgan fingerprint density at radius 3 is 1.76 bits per heavy atom. The van der Waals surface area contributed by atoms with Crippen LogP contribution < -0.4 is 44.8 Å². The maximum absolute atomic E-state index is 13.5. The van der Waals surface area contributed by atoms with Gasteiger partial charge in [0.25, 0.3) is 17.8 Å². The molecule has 4 fully saturated rings. The molecule has 5 aliphatic rings. The summed E-state index contributed by atoms with van der Waals surface area (Å²) in [7, 11) is 0. The molecule has 2 saturated carbocycles. The number of hydrogen-bond acceptors (Lipinski definition) is 11. The van der Waals surface area contributed by atoms with E-state index in [2.05, 4.69) is 30.5 Å². The van der Waals surface area contributed by atoms with E-state index in [1.165, 1.54) is 17.1 Å². The van der Waals surface area contributed by atoms with Crippen LogP contribution >= 0.6 is 0 Å². The zero-order valence-electron chi connectivity index (χ0n) is 32.7. The standard InChI is InChI=1S/C24H25F2N7O.C16H16F2N4O2.Li/c1-13-14(2-5-21(30-13)32-11-18-19(12-32)24(18,25)26)9-33-10-15(8-29-33)23(34)31-20-4-3-17-16(20)6-7-28-22(17)27;1-9-10(5-22-6-11(4-19-22)15(23)24)2-3-14(20-9)21-7-12-13(8-21)16(12,17)18;/h2,5-8,10,18-20H,3-4,9,11-12H2,1H3,(H2,27,28)(H,31,34);2-4,6,12-13H,5,7-8H2,1H3,(H,23,24);/q;;+1/p-1/t18?,19?,20-;;/m1../s1. The van der Waals surface area contributed by atoms with Gasteiger partial charge in [0.15, 0.2) is 0 Å². The molecule has 3 N–H and O–H groups in total. The Kier molecular flexibility index (Phi) is 10.2. The van der Waals surface area contributed by atoms with Crippen LogP contribution in [0.5, 0.6) is 0 Å². The van der Waals surface area contributed by atoms with E-state index in [1.807, 2.05) is 54.0 Å². The number of aromatic nitrogens is 7. The number of carbonyl (C=O) groups is 2. The number of hydrogen-bond donors (Lipinski definition) is 2. The number of amides is 1. The van der Waals surface area contributed by atoms with Gasteiger partial charge in [0, 0.05) is 61.7 Å². The molecule has 0 radical (unpaired) electrons. The Labute approximate surface area is 348 Å². The number of carboxylic acids is 1. The number of alkyl halides is 4. The van der Waals surface area contributed by atoms with Crippen molar-refractivity contribution in [2.24, 2.45) is 23.7 Å². The normalized spacial score (nSPS) is 23.7. The number of aryl methyl sites for hydroxylation is 2. The van der Waals surface area contributed by atoms with Gasteiger partial charge in [0.2, 0.25) is 0 Å². The van der Waals surface area contributed by atoms with Crippen molar-refractivity contribution in [3.05, 3.63) is 106 Å². The van der Waals surface area contributed by atoms with Crippen LogP contribution in [0.25, 0.3) is 0 Å². The predicted octanol–water partition coefficient (Wildman–Crippen LogP) is 0.434. The molecular weight excluding hydrogens is 765 g/mol. The maximum atomic E-state index is 13.5. The summed E-state index contributed by atoms with van der Waals surface area (Å²) in [6.07, 6.45) is 9.17. The van der Waals surface area contributed by atoms with Crippen molar-refractivity contribution >= 4 is 29.3 Å². The van der Waals surface area contributed by atoms with E-state index >= 15 is 0 Å². The molecule has 1 amide bonds. The van der Waals surface area contributed by atoms with E-state index in [9.17, 15) is 32.3 Å². The third kappa shape index (κ3) is 7.52. The number of carboxylic acid groups (broad SMARTS) is 1. The van der Waals surface area contributed by atoms with Crippen LogP contribution in [0.1, 0.15) is 66.8 Å². The number of anilines is 3. The van der Waals surface area contributed by atoms with Gasteiger partial charge in [-0.05, 0) is 67.1 Å². The van der Waals surface area contributed by atoms with Crippen LogP contribution in [0.4, 0.5) is 35.0 Å². The number of nitrogens with zero attached hydrogens (tertiary/aromatic N) is 9. The van der Waals surface area contributed by atoms with Crippen molar-refractivity contribution in [2.75, 3.05) is 41.7 Å². The molecule has 59 heavy (non-hydrogen) atoms. The minimum absolute atomic E-state index is 0. The second-order valence-corrected chi connectivity index (χ2v) is 15.9. The Bertz CT molecular complexity index is 2420. The molecule has 4 unspecified atom stereocenters. The number of fused-ring (bicyclic) bond motifs is 3. The Balaban J connectivity index is 0.000000171. The minimum atomic E-state index is -2.50. The number of aromatic carboxylic acids is 1. The first-order valence-corrected chi connectivity index (χ1v) is 19.2. The molecule has 5 aromatic heterocycles. The van der Waals surface area contributed by atoms with E-state index in [0.717, 1.165) is 52.3 Å². The average molecular weight is 806 g/mol. The van der Waals surface area contributed by atoms with Crippen LogP contribution in [0, 0.1) is 37.5 Å². The van der Waals surface area contributed by atoms with Crippen LogP contribution in [0.3, 0.4) is 0 Å². The fraction of sp³-hybridized carbons (Fsp3) is 0.425. The number of rotatable bonds is 9. The summed E-state index contributed by atoms with van der Waals surface area (Å²) in [6.45, 7) is 5.99. The molecule has 0 aromatic carbocycles. The Morgan fingerprint density at radius 1 is 0.797 bits per heavy atom. The van der Waals surface area contributed by atoms with Crippen LogP contribution in [-0.4, -0.2) is 84.4 Å². The van der Waals surface area contributed by atoms with Gasteiger partial charge in [-0.2, -0.15) is 10.2 Å². The number of nitrogen functional groups attached to an aromatic ring is 1. The average Bonchev–Trinajstić information content (AvgIpc) is 3.84. The first-order chi connectivity index (χ1) is 27.7. The molecular formula is C40H40F4LiN11O3. The van der Waals surface area contributed by atoms with Crippen molar-refractivity contribution in [2.45, 2.75) is 57.7 Å². The predicted molar refractivity (Wildman–Crippen MR) is 200 cm³/mol. The first-order valence-electron chi connectivity index (χ1n) is 19.2. The second kappa shape index (κ2) is 15.0. The number of halogens is 4. The smallest absolute Gasteiger partial charge is 0.545 e. The molecule has 5 atom stereocenters. The fourth-order valence-corrected chi connectivity index (χ4v) is 8.66. The SMILES string of the molecule is Cc1nc(N2CC3C(C2)C3(F)F)ccc1Cn1cc(C(=O)N[C@@H]2CCc3c2ccnc3N)cn1.Cc1nc(N2CC3C(C2)C3(F)F)ccc1Cn1cc(C(=O)[O-])cn1.[Li+]. The molecule has 2 aliphatic heterocycles. The third-order valence-corrected chi connectivity index (χ3v) is 12.3. The van der Waals surface area contributed by atoms with Crippen LogP contribution in [0.15, 0.2) is 61.3 Å². The van der Waals surface area contributed by atoms with Gasteiger partial charge in [-0.25, -0.2) is 32.5 Å². The monoisotopic (exact) mass is 805 g/mol. The molecule has 0 bridgehead atoms. The summed E-state index contributed by atoms with van der Waals surface area (Å²) in [4.78, 5) is 40.7. The quantitative estimate of drug-likeness (QED) is 0.156. The molecule has 10 rings (SSSR count). The van der Waals surface area contributed by atoms with Gasteiger partial charge in [0.05, 0.1) is 66.7 Å². The van der Waals surface area contributed by atoms with E-state index in [-0.39, 0.29) is 36.4 Å². The summed E-state index contributed by atoms with van der Waals surface area (Å²) in [5.41, 5.74) is 11.9. The Hall–Kier alpha value is -5.47. The van der Waals surface area contributed by atoms with Gasteiger partial charge in [-0.1, -0.05) is 12.1 Å². The van der Waals surface area contributed by atoms with E-state index in [0.29, 0.717) is 56.5 Å². The van der Waals surface area contributed by atoms with Gasteiger partial charge in [-0.3, -0.25) is 14.2 Å². The Morgan fingerprint density at radius 2 is 1.29 bits per heavy atom. The molecule has 7 heterocycles. The van der Waals surface area contributed by atoms with Gasteiger partial charge < -0.3 is 30.8 Å². The van der Waals surface area contributed by atoms with Crippen molar-refractivity contribution in [3.8, 4) is 0 Å². The first kappa shape index (κ1) is 40.3. The number of nitrogens with one attached hydrogen (secondary N) is 1.